The first-order chi connectivity index (χ1) is 8.85. The molecule has 0 bridgehead atoms. The third-order valence-electron chi connectivity index (χ3n) is 2.04. The van der Waals surface area contributed by atoms with Crippen molar-refractivity contribution in [1.82, 2.24) is 0 Å². The number of nitrogens with one attached hydrogen (secondary N) is 2. The zero-order valence-corrected chi connectivity index (χ0v) is 10.7. The van der Waals surface area contributed by atoms with Crippen molar-refractivity contribution in [3.8, 4) is 0 Å². The monoisotopic (exact) mass is 288 g/mol. The summed E-state index contributed by atoms with van der Waals surface area (Å²) < 4.78 is 37.8. The summed E-state index contributed by atoms with van der Waals surface area (Å²) in [5, 5.41) is 12.8. The van der Waals surface area contributed by atoms with E-state index in [0.717, 1.165) is 6.21 Å². The highest BCUT2D eigenvalue weighted by Gasteiger charge is 2.14. The molecule has 0 spiro atoms. The van der Waals surface area contributed by atoms with E-state index in [4.69, 9.17) is 16.6 Å². The highest BCUT2D eigenvalue weighted by molar-refractivity contribution is 8.26. The van der Waals surface area contributed by atoms with Crippen LogP contribution in [-0.4, -0.2) is 22.9 Å². The van der Waals surface area contributed by atoms with Gasteiger partial charge in [0.15, 0.2) is 5.17 Å². The van der Waals surface area contributed by atoms with Crippen LogP contribution in [-0.2, 0) is 0 Å². The normalized spacial score (nSPS) is 11.7. The smallest absolute Gasteiger partial charge is 0.286 e. The summed E-state index contributed by atoms with van der Waals surface area (Å²) in [5.74, 6) is -0.643. The number of benzene rings is 1. The summed E-state index contributed by atoms with van der Waals surface area (Å²) in [6, 6.07) is 2.70. The van der Waals surface area contributed by atoms with E-state index >= 15 is 0 Å². The number of amidine groups is 1. The number of thioether (sulfide) groups is 1. The van der Waals surface area contributed by atoms with Gasteiger partial charge in [-0.2, -0.15) is 0 Å². The molecule has 1 aromatic carbocycles. The van der Waals surface area contributed by atoms with Crippen molar-refractivity contribution >= 4 is 33.9 Å². The molecule has 0 aliphatic heterocycles. The molecule has 0 saturated carbocycles. The van der Waals surface area contributed by atoms with Gasteiger partial charge >= 0.3 is 0 Å². The Labute approximate surface area is 111 Å². The third-order valence-corrected chi connectivity index (χ3v) is 2.74. The van der Waals surface area contributed by atoms with Gasteiger partial charge in [0.1, 0.15) is 10.9 Å². The van der Waals surface area contributed by atoms with Crippen molar-refractivity contribution < 1.29 is 13.2 Å². The minimum Gasteiger partial charge on any atom is -0.378 e. The number of hydrogen-bond donors (Lipinski definition) is 3. The first-order valence-electron chi connectivity index (χ1n) is 5.04. The highest BCUT2D eigenvalue weighted by Crippen LogP contribution is 2.24. The van der Waals surface area contributed by atoms with E-state index in [9.17, 15) is 13.2 Å². The van der Waals surface area contributed by atoms with Gasteiger partial charge < -0.3 is 11.1 Å². The first-order valence-corrected chi connectivity index (χ1v) is 5.86. The van der Waals surface area contributed by atoms with E-state index in [2.05, 4.69) is 4.99 Å². The van der Waals surface area contributed by atoms with E-state index in [0.29, 0.717) is 17.3 Å². The van der Waals surface area contributed by atoms with Gasteiger partial charge in [-0.15, -0.1) is 0 Å². The van der Waals surface area contributed by atoms with Gasteiger partial charge in [-0.1, -0.05) is 0 Å². The molecule has 0 aromatic heterocycles. The predicted molar refractivity (Wildman–Crippen MR) is 71.6 cm³/mol. The summed E-state index contributed by atoms with van der Waals surface area (Å²) in [6.07, 6.45) is -2.17. The maximum atomic E-state index is 13.5. The molecule has 0 unspecified atom stereocenters. The van der Waals surface area contributed by atoms with E-state index in [1.165, 1.54) is 12.1 Å². The average molecular weight is 288 g/mol. The number of aryl methyl sites for hydroxylation is 1. The molecule has 1 aromatic rings. The molecule has 8 heteroatoms. The van der Waals surface area contributed by atoms with Crippen molar-refractivity contribution in [2.75, 3.05) is 0 Å². The van der Waals surface area contributed by atoms with E-state index in [1.807, 2.05) is 0 Å². The summed E-state index contributed by atoms with van der Waals surface area (Å²) in [7, 11) is 0. The van der Waals surface area contributed by atoms with Crippen LogP contribution in [0.1, 0.15) is 11.1 Å². The van der Waals surface area contributed by atoms with Crippen molar-refractivity contribution in [2.45, 2.75) is 13.3 Å². The van der Waals surface area contributed by atoms with Crippen LogP contribution in [0.2, 0.25) is 0 Å². The maximum absolute atomic E-state index is 13.5. The van der Waals surface area contributed by atoms with Crippen LogP contribution < -0.4 is 5.73 Å². The Balaban J connectivity index is 3.10. The fourth-order valence-corrected chi connectivity index (χ4v) is 1.73. The number of rotatable bonds is 3. The Morgan fingerprint density at radius 1 is 1.47 bits per heavy atom. The standard InChI is InChI=1S/C11H11F3N4S/c1-5-2-7(12)6(4-15)8(3-5)18-11(17)19-10(16)9(13)14/h2-4,9,15-16H,1H3,(H2,17,18). The number of alkyl halides is 2. The molecular weight excluding hydrogens is 277 g/mol. The van der Waals surface area contributed by atoms with Crippen molar-refractivity contribution in [2.24, 2.45) is 10.7 Å². The molecular formula is C11H11F3N4S. The van der Waals surface area contributed by atoms with Crippen LogP contribution in [0.4, 0.5) is 18.9 Å². The largest absolute Gasteiger partial charge is 0.378 e. The second-order valence-electron chi connectivity index (χ2n) is 3.54. The molecule has 1 rings (SSSR count). The molecule has 0 radical (unpaired) electrons. The SMILES string of the molecule is Cc1cc(F)c(C=N)c(N=C(N)SC(=N)C(F)F)c1. The molecule has 19 heavy (non-hydrogen) atoms. The van der Waals surface area contributed by atoms with Crippen LogP contribution in [0.15, 0.2) is 17.1 Å². The van der Waals surface area contributed by atoms with Gasteiger partial charge in [-0.3, -0.25) is 5.41 Å². The Hall–Kier alpha value is -1.83. The van der Waals surface area contributed by atoms with Crippen molar-refractivity contribution in [1.29, 1.82) is 10.8 Å². The summed E-state index contributed by atoms with van der Waals surface area (Å²) in [6.45, 7) is 1.63. The Kier molecular flexibility index (Phi) is 5.11. The van der Waals surface area contributed by atoms with Gasteiger partial charge in [0.2, 0.25) is 0 Å². The number of aliphatic imine (C=N–C) groups is 1. The van der Waals surface area contributed by atoms with Crippen LogP contribution in [0.25, 0.3) is 0 Å². The molecule has 0 fully saturated rings. The fourth-order valence-electron chi connectivity index (χ4n) is 1.27. The summed E-state index contributed by atoms with van der Waals surface area (Å²) >= 11 is 0.297. The van der Waals surface area contributed by atoms with Crippen LogP contribution in [0.3, 0.4) is 0 Å². The zero-order chi connectivity index (χ0) is 14.6. The number of hydrogen-bond acceptors (Lipinski definition) is 4. The maximum Gasteiger partial charge on any atom is 0.286 e. The Morgan fingerprint density at radius 3 is 2.63 bits per heavy atom. The van der Waals surface area contributed by atoms with Crippen LogP contribution in [0, 0.1) is 23.6 Å². The molecule has 4 nitrogen and oxygen atoms in total. The number of nitrogens with zero attached hydrogens (tertiary/aromatic N) is 1. The summed E-state index contributed by atoms with van der Waals surface area (Å²) in [5.41, 5.74) is 5.95. The number of nitrogens with two attached hydrogens (primary N) is 1. The van der Waals surface area contributed by atoms with Crippen molar-refractivity contribution in [3.63, 3.8) is 0 Å². The van der Waals surface area contributed by atoms with Gasteiger partial charge in [0.25, 0.3) is 6.43 Å². The van der Waals surface area contributed by atoms with E-state index in [1.54, 1.807) is 6.92 Å². The molecule has 0 atom stereocenters. The minimum atomic E-state index is -2.93. The highest BCUT2D eigenvalue weighted by atomic mass is 32.2. The number of halogens is 3. The molecule has 0 amide bonds. The molecule has 102 valence electrons. The quantitative estimate of drug-likeness (QED) is 0.589. The van der Waals surface area contributed by atoms with Crippen LogP contribution in [0.5, 0.6) is 0 Å². The Morgan fingerprint density at radius 2 is 2.11 bits per heavy atom. The average Bonchev–Trinajstić information content (AvgIpc) is 2.27. The first kappa shape index (κ1) is 15.2. The molecule has 0 aliphatic carbocycles. The zero-order valence-electron chi connectivity index (χ0n) is 9.88. The van der Waals surface area contributed by atoms with Gasteiger partial charge in [0.05, 0.1) is 11.3 Å². The Bertz CT molecular complexity index is 543. The minimum absolute atomic E-state index is 0.0690. The third kappa shape index (κ3) is 4.09. The molecule has 0 aliphatic rings. The van der Waals surface area contributed by atoms with E-state index in [-0.39, 0.29) is 16.4 Å². The topological polar surface area (TPSA) is 86.1 Å². The van der Waals surface area contributed by atoms with Gasteiger partial charge in [-0.05, 0) is 36.4 Å². The fraction of sp³-hybridized carbons (Fsp3) is 0.182. The van der Waals surface area contributed by atoms with Gasteiger partial charge in [-0.25, -0.2) is 18.2 Å². The van der Waals surface area contributed by atoms with Crippen molar-refractivity contribution in [3.05, 3.63) is 29.1 Å². The second kappa shape index (κ2) is 6.37. The van der Waals surface area contributed by atoms with E-state index < -0.39 is 17.3 Å². The molecule has 4 N–H and O–H groups in total. The second-order valence-corrected chi connectivity index (χ2v) is 4.60. The van der Waals surface area contributed by atoms with Crippen LogP contribution >= 0.6 is 11.8 Å². The lowest BCUT2D eigenvalue weighted by Crippen LogP contribution is -2.14. The molecule has 0 heterocycles. The lowest BCUT2D eigenvalue weighted by Gasteiger charge is -2.06. The molecule has 0 saturated heterocycles. The van der Waals surface area contributed by atoms with Gasteiger partial charge in [0, 0.05) is 6.21 Å². The summed E-state index contributed by atoms with van der Waals surface area (Å²) in [4.78, 5) is 3.77. The lowest BCUT2D eigenvalue weighted by molar-refractivity contribution is 0.228. The predicted octanol–water partition coefficient (Wildman–Crippen LogP) is 3.05. The lowest BCUT2D eigenvalue weighted by atomic mass is 10.1.